The molecule has 5 nitrogen and oxygen atoms in total. The van der Waals surface area contributed by atoms with Crippen molar-refractivity contribution in [2.45, 2.75) is 0 Å². The number of nitrogens with one attached hydrogen (secondary N) is 3. The van der Waals surface area contributed by atoms with Gasteiger partial charge in [0.2, 0.25) is 0 Å². The second kappa shape index (κ2) is 3.03. The van der Waals surface area contributed by atoms with E-state index >= 15 is 0 Å². The van der Waals surface area contributed by atoms with E-state index in [0.29, 0.717) is 11.4 Å². The summed E-state index contributed by atoms with van der Waals surface area (Å²) in [6.45, 7) is 0. The first-order chi connectivity index (χ1) is 7.77. The van der Waals surface area contributed by atoms with Gasteiger partial charge in [-0.05, 0) is 6.07 Å². The van der Waals surface area contributed by atoms with E-state index in [1.54, 1.807) is 6.20 Å². The number of fused-ring (bicyclic) bond motifs is 1. The van der Waals surface area contributed by atoms with Crippen LogP contribution >= 0.6 is 0 Å². The quantitative estimate of drug-likeness (QED) is 0.493. The van der Waals surface area contributed by atoms with Crippen molar-refractivity contribution in [3.8, 4) is 11.1 Å². The van der Waals surface area contributed by atoms with Gasteiger partial charge in [-0.2, -0.15) is 0 Å². The Morgan fingerprint density at radius 2 is 1.94 bits per heavy atom. The molecule has 80 valence electrons. The number of nitrogen functional groups attached to an aromatic ring is 1. The van der Waals surface area contributed by atoms with E-state index in [2.05, 4.69) is 15.2 Å². The van der Waals surface area contributed by atoms with Crippen LogP contribution in [0.5, 0.6) is 0 Å². The highest BCUT2D eigenvalue weighted by Crippen LogP contribution is 2.28. The van der Waals surface area contributed by atoms with Gasteiger partial charge in [0.1, 0.15) is 5.82 Å². The number of anilines is 1. The standard InChI is InChI=1S/C11H10N4O/c12-10-9(11(16)15-14-10)7-5-13-8-4-2-1-3-6(7)8/h1-5,13H,(H4,12,14,15,16). The number of rotatable bonds is 1. The summed E-state index contributed by atoms with van der Waals surface area (Å²) < 4.78 is 0. The summed E-state index contributed by atoms with van der Waals surface area (Å²) in [6, 6.07) is 7.77. The molecule has 5 heteroatoms. The van der Waals surface area contributed by atoms with Crippen LogP contribution in [-0.2, 0) is 0 Å². The molecule has 0 unspecified atom stereocenters. The maximum absolute atomic E-state index is 11.6. The maximum Gasteiger partial charge on any atom is 0.274 e. The van der Waals surface area contributed by atoms with Gasteiger partial charge in [-0.1, -0.05) is 18.2 Å². The summed E-state index contributed by atoms with van der Waals surface area (Å²) in [6.07, 6.45) is 1.79. The normalized spacial score (nSPS) is 11.0. The summed E-state index contributed by atoms with van der Waals surface area (Å²) in [7, 11) is 0. The monoisotopic (exact) mass is 214 g/mol. The molecular formula is C11H10N4O. The van der Waals surface area contributed by atoms with Gasteiger partial charge in [-0.15, -0.1) is 0 Å². The molecule has 0 aliphatic heterocycles. The first kappa shape index (κ1) is 8.84. The van der Waals surface area contributed by atoms with Gasteiger partial charge in [0, 0.05) is 22.7 Å². The van der Waals surface area contributed by atoms with E-state index in [-0.39, 0.29) is 5.56 Å². The van der Waals surface area contributed by atoms with Crippen molar-refractivity contribution >= 4 is 16.7 Å². The molecule has 3 aromatic rings. The van der Waals surface area contributed by atoms with E-state index in [0.717, 1.165) is 16.5 Å². The molecule has 1 aromatic carbocycles. The van der Waals surface area contributed by atoms with E-state index in [1.807, 2.05) is 24.3 Å². The molecule has 0 aliphatic carbocycles. The van der Waals surface area contributed by atoms with Crippen molar-refractivity contribution in [3.05, 3.63) is 40.8 Å². The number of nitrogens with two attached hydrogens (primary N) is 1. The van der Waals surface area contributed by atoms with Crippen LogP contribution in [-0.4, -0.2) is 15.2 Å². The smallest absolute Gasteiger partial charge is 0.274 e. The van der Waals surface area contributed by atoms with Crippen molar-refractivity contribution in [1.29, 1.82) is 0 Å². The van der Waals surface area contributed by atoms with Crippen LogP contribution < -0.4 is 11.3 Å². The Balaban J connectivity index is 2.39. The number of aromatic nitrogens is 3. The number of benzene rings is 1. The lowest BCUT2D eigenvalue weighted by molar-refractivity contribution is 1.06. The van der Waals surface area contributed by atoms with Gasteiger partial charge >= 0.3 is 0 Å². The highest BCUT2D eigenvalue weighted by atomic mass is 16.1. The molecule has 0 aliphatic rings. The van der Waals surface area contributed by atoms with Crippen molar-refractivity contribution in [3.63, 3.8) is 0 Å². The van der Waals surface area contributed by atoms with Crippen LogP contribution in [0, 0.1) is 0 Å². The number of para-hydroxylation sites is 1. The highest BCUT2D eigenvalue weighted by molar-refractivity contribution is 5.97. The number of hydrogen-bond donors (Lipinski definition) is 4. The molecule has 0 saturated carbocycles. The average Bonchev–Trinajstić information content (AvgIpc) is 2.83. The van der Waals surface area contributed by atoms with Crippen LogP contribution in [0.4, 0.5) is 5.82 Å². The molecular weight excluding hydrogens is 204 g/mol. The Morgan fingerprint density at radius 1 is 1.12 bits per heavy atom. The third-order valence-corrected chi connectivity index (χ3v) is 2.67. The van der Waals surface area contributed by atoms with Crippen LogP contribution in [0.1, 0.15) is 0 Å². The Morgan fingerprint density at radius 3 is 2.69 bits per heavy atom. The Labute approximate surface area is 90.3 Å². The molecule has 0 radical (unpaired) electrons. The SMILES string of the molecule is Nc1[nH][nH]c(=O)c1-c1c[nH]c2ccccc12. The maximum atomic E-state index is 11.6. The average molecular weight is 214 g/mol. The zero-order valence-electron chi connectivity index (χ0n) is 8.37. The summed E-state index contributed by atoms with van der Waals surface area (Å²) in [4.78, 5) is 14.7. The summed E-state index contributed by atoms with van der Waals surface area (Å²) in [5.74, 6) is 0.356. The molecule has 0 bridgehead atoms. The van der Waals surface area contributed by atoms with Crippen LogP contribution in [0.3, 0.4) is 0 Å². The second-order valence-corrected chi connectivity index (χ2v) is 3.62. The Bertz CT molecular complexity index is 704. The van der Waals surface area contributed by atoms with Crippen molar-refractivity contribution in [2.75, 3.05) is 5.73 Å². The number of H-pyrrole nitrogens is 3. The molecule has 0 atom stereocenters. The lowest BCUT2D eigenvalue weighted by Crippen LogP contribution is -2.01. The minimum absolute atomic E-state index is 0.206. The van der Waals surface area contributed by atoms with Gasteiger partial charge in [0.05, 0.1) is 5.56 Å². The molecule has 2 aromatic heterocycles. The molecule has 0 saturated heterocycles. The molecule has 2 heterocycles. The van der Waals surface area contributed by atoms with E-state index in [9.17, 15) is 4.79 Å². The van der Waals surface area contributed by atoms with Gasteiger partial charge < -0.3 is 10.7 Å². The molecule has 3 rings (SSSR count). The van der Waals surface area contributed by atoms with Gasteiger partial charge in [0.25, 0.3) is 5.56 Å². The first-order valence-electron chi connectivity index (χ1n) is 4.90. The fourth-order valence-electron chi connectivity index (χ4n) is 1.92. The molecule has 0 fully saturated rings. The summed E-state index contributed by atoms with van der Waals surface area (Å²) >= 11 is 0. The first-order valence-corrected chi connectivity index (χ1v) is 4.90. The minimum Gasteiger partial charge on any atom is -0.383 e. The molecule has 0 amide bonds. The van der Waals surface area contributed by atoms with Crippen LogP contribution in [0.2, 0.25) is 0 Å². The highest BCUT2D eigenvalue weighted by Gasteiger charge is 2.13. The summed E-state index contributed by atoms with van der Waals surface area (Å²) in [5, 5.41) is 6.07. The van der Waals surface area contributed by atoms with Gasteiger partial charge in [-0.25, -0.2) is 0 Å². The van der Waals surface area contributed by atoms with Gasteiger partial charge in [-0.3, -0.25) is 15.0 Å². The largest absolute Gasteiger partial charge is 0.383 e. The zero-order valence-corrected chi connectivity index (χ0v) is 8.37. The fourth-order valence-corrected chi connectivity index (χ4v) is 1.92. The van der Waals surface area contributed by atoms with Crippen molar-refractivity contribution in [1.82, 2.24) is 15.2 Å². The molecule has 16 heavy (non-hydrogen) atoms. The lowest BCUT2D eigenvalue weighted by Gasteiger charge is -1.95. The van der Waals surface area contributed by atoms with E-state index < -0.39 is 0 Å². The number of aromatic amines is 3. The third-order valence-electron chi connectivity index (χ3n) is 2.67. The van der Waals surface area contributed by atoms with Crippen molar-refractivity contribution < 1.29 is 0 Å². The second-order valence-electron chi connectivity index (χ2n) is 3.62. The third kappa shape index (κ3) is 1.08. The van der Waals surface area contributed by atoms with Crippen LogP contribution in [0.25, 0.3) is 22.0 Å². The van der Waals surface area contributed by atoms with Gasteiger partial charge in [0.15, 0.2) is 0 Å². The van der Waals surface area contributed by atoms with Crippen LogP contribution in [0.15, 0.2) is 35.3 Å². The van der Waals surface area contributed by atoms with E-state index in [1.165, 1.54) is 0 Å². The number of hydrogen-bond acceptors (Lipinski definition) is 2. The molecule has 5 N–H and O–H groups in total. The fraction of sp³-hybridized carbons (Fsp3) is 0. The lowest BCUT2D eigenvalue weighted by atomic mass is 10.1. The Hall–Kier alpha value is -2.43. The minimum atomic E-state index is -0.206. The summed E-state index contributed by atoms with van der Waals surface area (Å²) in [5.41, 5.74) is 7.80. The predicted octanol–water partition coefficient (Wildman–Crippen LogP) is 1.43. The predicted molar refractivity (Wildman–Crippen MR) is 63.1 cm³/mol. The van der Waals surface area contributed by atoms with Crippen molar-refractivity contribution in [2.24, 2.45) is 0 Å². The zero-order chi connectivity index (χ0) is 11.1. The topological polar surface area (TPSA) is 90.5 Å². The van der Waals surface area contributed by atoms with E-state index in [4.69, 9.17) is 5.73 Å². The molecule has 0 spiro atoms. The Kier molecular flexibility index (Phi) is 1.67.